The molecule has 0 atom stereocenters. The van der Waals surface area contributed by atoms with Gasteiger partial charge < -0.3 is 20.1 Å². The molecule has 0 bridgehead atoms. The number of esters is 2. The molecule has 0 heterocycles. The minimum atomic E-state index is -0.662. The fourth-order valence-corrected chi connectivity index (χ4v) is 2.36. The molecule has 8 nitrogen and oxygen atoms in total. The van der Waals surface area contributed by atoms with Crippen LogP contribution in [0.15, 0.2) is 48.5 Å². The predicted octanol–water partition coefficient (Wildman–Crippen LogP) is 2.29. The molecule has 2 amide bonds. The molecule has 0 radical (unpaired) electrons. The third kappa shape index (κ3) is 6.76. The van der Waals surface area contributed by atoms with Crippen molar-refractivity contribution in [3.63, 3.8) is 0 Å². The van der Waals surface area contributed by atoms with Gasteiger partial charge in [-0.05, 0) is 36.8 Å². The highest BCUT2D eigenvalue weighted by molar-refractivity contribution is 6.02. The zero-order chi connectivity index (χ0) is 21.2. The summed E-state index contributed by atoms with van der Waals surface area (Å²) in [5.41, 5.74) is 1.58. The summed E-state index contributed by atoms with van der Waals surface area (Å²) in [6, 6.07) is 12.9. The molecule has 29 heavy (non-hydrogen) atoms. The van der Waals surface area contributed by atoms with E-state index in [1.165, 1.54) is 13.0 Å². The lowest BCUT2D eigenvalue weighted by Gasteiger charge is -2.10. The Labute approximate surface area is 168 Å². The van der Waals surface area contributed by atoms with Gasteiger partial charge in [0.05, 0.1) is 23.4 Å². The third-order valence-corrected chi connectivity index (χ3v) is 3.76. The average Bonchev–Trinajstić information content (AvgIpc) is 2.71. The molecule has 152 valence electrons. The van der Waals surface area contributed by atoms with E-state index in [2.05, 4.69) is 10.6 Å². The maximum absolute atomic E-state index is 12.1. The Morgan fingerprint density at radius 2 is 1.59 bits per heavy atom. The van der Waals surface area contributed by atoms with Gasteiger partial charge in [0.2, 0.25) is 5.91 Å². The second kappa shape index (κ2) is 10.6. The lowest BCUT2D eigenvalue weighted by Crippen LogP contribution is -2.22. The minimum Gasteiger partial charge on any atom is -0.462 e. The molecule has 0 aliphatic rings. The molecule has 8 heteroatoms. The van der Waals surface area contributed by atoms with Crippen LogP contribution in [0.2, 0.25) is 0 Å². The van der Waals surface area contributed by atoms with Gasteiger partial charge in [0, 0.05) is 13.5 Å². The molecule has 0 saturated heterocycles. The summed E-state index contributed by atoms with van der Waals surface area (Å²) in [7, 11) is 0. The van der Waals surface area contributed by atoms with E-state index in [1.54, 1.807) is 49.4 Å². The fraction of sp³-hybridized carbons (Fsp3) is 0.238. The highest BCUT2D eigenvalue weighted by atomic mass is 16.5. The SMILES string of the molecule is CCOC(=O)c1ccccc1NC(=O)COC(=O)c1ccc(CNC(C)=O)cc1. The normalized spacial score (nSPS) is 10.0. The lowest BCUT2D eigenvalue weighted by molar-refractivity contribution is -0.119. The van der Waals surface area contributed by atoms with Gasteiger partial charge in [-0.2, -0.15) is 0 Å². The molecule has 2 rings (SSSR count). The summed E-state index contributed by atoms with van der Waals surface area (Å²) in [6.07, 6.45) is 0. The summed E-state index contributed by atoms with van der Waals surface area (Å²) in [6.45, 7) is 3.16. The molecule has 0 aliphatic carbocycles. The van der Waals surface area contributed by atoms with Crippen molar-refractivity contribution in [3.05, 3.63) is 65.2 Å². The molecule has 0 fully saturated rings. The molecule has 0 aliphatic heterocycles. The van der Waals surface area contributed by atoms with Gasteiger partial charge >= 0.3 is 11.9 Å². The van der Waals surface area contributed by atoms with E-state index >= 15 is 0 Å². The van der Waals surface area contributed by atoms with Crippen molar-refractivity contribution in [3.8, 4) is 0 Å². The van der Waals surface area contributed by atoms with Crippen LogP contribution in [0, 0.1) is 0 Å². The number of benzene rings is 2. The largest absolute Gasteiger partial charge is 0.462 e. The van der Waals surface area contributed by atoms with Gasteiger partial charge in [-0.1, -0.05) is 24.3 Å². The van der Waals surface area contributed by atoms with Crippen LogP contribution >= 0.6 is 0 Å². The van der Waals surface area contributed by atoms with E-state index in [9.17, 15) is 19.2 Å². The summed E-state index contributed by atoms with van der Waals surface area (Å²) in [5, 5.41) is 5.19. The molecule has 0 spiro atoms. The van der Waals surface area contributed by atoms with E-state index in [0.29, 0.717) is 6.54 Å². The van der Waals surface area contributed by atoms with Crippen molar-refractivity contribution in [1.82, 2.24) is 5.32 Å². The van der Waals surface area contributed by atoms with Gasteiger partial charge in [0.25, 0.3) is 5.91 Å². The molecular formula is C21H22N2O6. The Bertz CT molecular complexity index is 892. The molecule has 2 N–H and O–H groups in total. The van der Waals surface area contributed by atoms with Gasteiger partial charge in [0.1, 0.15) is 0 Å². The van der Waals surface area contributed by atoms with E-state index < -0.39 is 24.5 Å². The quantitative estimate of drug-likeness (QED) is 0.660. The minimum absolute atomic E-state index is 0.149. The average molecular weight is 398 g/mol. The topological polar surface area (TPSA) is 111 Å². The number of carbonyl (C=O) groups excluding carboxylic acids is 4. The smallest absolute Gasteiger partial charge is 0.340 e. The van der Waals surface area contributed by atoms with Gasteiger partial charge in [-0.15, -0.1) is 0 Å². The second-order valence-corrected chi connectivity index (χ2v) is 6.00. The number of rotatable bonds is 8. The molecule has 0 aromatic heterocycles. The number of hydrogen-bond acceptors (Lipinski definition) is 6. The Hall–Kier alpha value is -3.68. The number of anilines is 1. The van der Waals surface area contributed by atoms with Gasteiger partial charge in [0.15, 0.2) is 6.61 Å². The van der Waals surface area contributed by atoms with Crippen molar-refractivity contribution in [2.24, 2.45) is 0 Å². The van der Waals surface area contributed by atoms with Gasteiger partial charge in [-0.25, -0.2) is 9.59 Å². The van der Waals surface area contributed by atoms with Crippen LogP contribution in [-0.2, 0) is 25.6 Å². The lowest BCUT2D eigenvalue weighted by atomic mass is 10.1. The summed E-state index contributed by atoms with van der Waals surface area (Å²) < 4.78 is 9.96. The van der Waals surface area contributed by atoms with Crippen molar-refractivity contribution in [2.75, 3.05) is 18.5 Å². The van der Waals surface area contributed by atoms with Crippen molar-refractivity contribution >= 4 is 29.4 Å². The second-order valence-electron chi connectivity index (χ2n) is 6.00. The number of amides is 2. The number of carbonyl (C=O) groups is 4. The van der Waals surface area contributed by atoms with Crippen molar-refractivity contribution < 1.29 is 28.7 Å². The summed E-state index contributed by atoms with van der Waals surface area (Å²) >= 11 is 0. The molecule has 0 unspecified atom stereocenters. The van der Waals surface area contributed by atoms with Crippen molar-refractivity contribution in [2.45, 2.75) is 20.4 Å². The molecular weight excluding hydrogens is 376 g/mol. The zero-order valence-electron chi connectivity index (χ0n) is 16.2. The summed E-state index contributed by atoms with van der Waals surface area (Å²) in [4.78, 5) is 47.0. The van der Waals surface area contributed by atoms with Crippen LogP contribution in [0.25, 0.3) is 0 Å². The van der Waals surface area contributed by atoms with Crippen LogP contribution in [0.1, 0.15) is 40.1 Å². The van der Waals surface area contributed by atoms with Gasteiger partial charge in [-0.3, -0.25) is 9.59 Å². The van der Waals surface area contributed by atoms with Crippen LogP contribution < -0.4 is 10.6 Å². The Morgan fingerprint density at radius 1 is 0.897 bits per heavy atom. The van der Waals surface area contributed by atoms with E-state index in [4.69, 9.17) is 9.47 Å². The maximum atomic E-state index is 12.1. The molecule has 2 aromatic rings. The van der Waals surface area contributed by atoms with Crippen LogP contribution in [0.4, 0.5) is 5.69 Å². The van der Waals surface area contributed by atoms with E-state index in [1.807, 2.05) is 0 Å². The number of para-hydroxylation sites is 1. The Balaban J connectivity index is 1.90. The van der Waals surface area contributed by atoms with Crippen LogP contribution in [-0.4, -0.2) is 37.0 Å². The highest BCUT2D eigenvalue weighted by Gasteiger charge is 2.15. The first-order valence-electron chi connectivity index (χ1n) is 8.97. The number of nitrogens with one attached hydrogen (secondary N) is 2. The molecule has 0 saturated carbocycles. The monoisotopic (exact) mass is 398 g/mol. The maximum Gasteiger partial charge on any atom is 0.340 e. The fourth-order valence-electron chi connectivity index (χ4n) is 2.36. The van der Waals surface area contributed by atoms with Crippen LogP contribution in [0.3, 0.4) is 0 Å². The van der Waals surface area contributed by atoms with Crippen molar-refractivity contribution in [1.29, 1.82) is 0 Å². The first-order chi connectivity index (χ1) is 13.9. The van der Waals surface area contributed by atoms with E-state index in [-0.39, 0.29) is 29.3 Å². The standard InChI is InChI=1S/C21H22N2O6/c1-3-28-21(27)17-6-4-5-7-18(17)23-19(25)13-29-20(26)16-10-8-15(9-11-16)12-22-14(2)24/h4-11H,3,12-13H2,1-2H3,(H,22,24)(H,23,25). The Kier molecular flexibility index (Phi) is 7.90. The first kappa shape index (κ1) is 21.6. The van der Waals surface area contributed by atoms with Crippen LogP contribution in [0.5, 0.6) is 0 Å². The first-order valence-corrected chi connectivity index (χ1v) is 8.97. The molecule has 2 aromatic carbocycles. The number of ether oxygens (including phenoxy) is 2. The third-order valence-electron chi connectivity index (χ3n) is 3.76. The zero-order valence-corrected chi connectivity index (χ0v) is 16.2. The Morgan fingerprint density at radius 3 is 2.24 bits per heavy atom. The van der Waals surface area contributed by atoms with E-state index in [0.717, 1.165) is 5.56 Å². The highest BCUT2D eigenvalue weighted by Crippen LogP contribution is 2.16. The predicted molar refractivity (Wildman–Crippen MR) is 105 cm³/mol. The number of hydrogen-bond donors (Lipinski definition) is 2. The summed E-state index contributed by atoms with van der Waals surface area (Å²) in [5.74, 6) is -1.95.